The van der Waals surface area contributed by atoms with Gasteiger partial charge in [0.25, 0.3) is 0 Å². The Balaban J connectivity index is 1.76. The number of ether oxygens (including phenoxy) is 1. The van der Waals surface area contributed by atoms with Crippen molar-refractivity contribution in [3.05, 3.63) is 35.4 Å². The van der Waals surface area contributed by atoms with Crippen LogP contribution in [0, 0.1) is 20.8 Å². The average Bonchev–Trinajstić information content (AvgIpc) is 2.57. The molecule has 1 aliphatic heterocycles. The Bertz CT molecular complexity index is 695. The number of aryl methyl sites for hydroxylation is 3. The van der Waals surface area contributed by atoms with E-state index in [-0.39, 0.29) is 0 Å². The Labute approximate surface area is 137 Å². The maximum atomic E-state index is 5.46. The highest BCUT2D eigenvalue weighted by atomic mass is 16.5. The number of rotatable bonds is 3. The highest BCUT2D eigenvalue weighted by Gasteiger charge is 2.23. The van der Waals surface area contributed by atoms with Crippen molar-refractivity contribution in [2.24, 2.45) is 0 Å². The number of pyridine rings is 1. The Morgan fingerprint density at radius 1 is 0.870 bits per heavy atom. The molecule has 1 aliphatic rings. The van der Waals surface area contributed by atoms with Gasteiger partial charge in [-0.25, -0.2) is 9.97 Å². The molecule has 0 radical (unpaired) electrons. The first-order valence-electron chi connectivity index (χ1n) is 7.90. The predicted molar refractivity (Wildman–Crippen MR) is 91.5 cm³/mol. The van der Waals surface area contributed by atoms with E-state index in [1.54, 1.807) is 7.11 Å². The van der Waals surface area contributed by atoms with Gasteiger partial charge in [-0.1, -0.05) is 0 Å². The lowest BCUT2D eigenvalue weighted by molar-refractivity contribution is 0.411. The molecule has 6 nitrogen and oxygen atoms in total. The van der Waals surface area contributed by atoms with E-state index >= 15 is 0 Å². The van der Waals surface area contributed by atoms with Gasteiger partial charge >= 0.3 is 0 Å². The molecule has 0 atom stereocenters. The first-order chi connectivity index (χ1) is 11.1. The second-order valence-corrected chi connectivity index (χ2v) is 5.87. The maximum Gasteiger partial charge on any atom is 0.171 e. The largest absolute Gasteiger partial charge is 0.493 e. The van der Waals surface area contributed by atoms with E-state index in [1.807, 2.05) is 39.1 Å². The minimum absolute atomic E-state index is 0.829. The summed E-state index contributed by atoms with van der Waals surface area (Å²) < 4.78 is 5.46. The van der Waals surface area contributed by atoms with Crippen molar-refractivity contribution < 1.29 is 4.74 Å². The van der Waals surface area contributed by atoms with Gasteiger partial charge in [-0.2, -0.15) is 0 Å². The molecular weight excluding hydrogens is 290 g/mol. The lowest BCUT2D eigenvalue weighted by Gasteiger charge is -2.37. The van der Waals surface area contributed by atoms with Gasteiger partial charge < -0.3 is 14.5 Å². The zero-order valence-electron chi connectivity index (χ0n) is 14.2. The molecule has 0 saturated carbocycles. The third-order valence-electron chi connectivity index (χ3n) is 4.13. The van der Waals surface area contributed by atoms with Gasteiger partial charge in [0.1, 0.15) is 5.82 Å². The summed E-state index contributed by atoms with van der Waals surface area (Å²) >= 11 is 0. The van der Waals surface area contributed by atoms with Gasteiger partial charge in [-0.3, -0.25) is 4.98 Å². The molecule has 1 fully saturated rings. The van der Waals surface area contributed by atoms with E-state index < -0.39 is 0 Å². The smallest absolute Gasteiger partial charge is 0.171 e. The van der Waals surface area contributed by atoms with Gasteiger partial charge in [0.2, 0.25) is 0 Å². The third kappa shape index (κ3) is 3.21. The fourth-order valence-electron chi connectivity index (χ4n) is 2.87. The van der Waals surface area contributed by atoms with Crippen LogP contribution in [-0.2, 0) is 0 Å². The monoisotopic (exact) mass is 313 g/mol. The fourth-order valence-corrected chi connectivity index (χ4v) is 2.87. The Morgan fingerprint density at radius 3 is 2.13 bits per heavy atom. The second-order valence-electron chi connectivity index (χ2n) is 5.87. The summed E-state index contributed by atoms with van der Waals surface area (Å²) in [4.78, 5) is 18.3. The lowest BCUT2D eigenvalue weighted by Crippen LogP contribution is -2.47. The van der Waals surface area contributed by atoms with Gasteiger partial charge in [0, 0.05) is 38.1 Å². The molecule has 0 aliphatic carbocycles. The summed E-state index contributed by atoms with van der Waals surface area (Å²) in [6.45, 7) is 9.58. The zero-order valence-corrected chi connectivity index (χ0v) is 14.2. The SMILES string of the molecule is COc1ccc(C)nc1N1CCN(c2nc(C)cnc2C)CC1. The van der Waals surface area contributed by atoms with Crippen LogP contribution in [0.3, 0.4) is 0 Å². The fraction of sp³-hybridized carbons (Fsp3) is 0.471. The predicted octanol–water partition coefficient (Wildman–Crippen LogP) is 2.13. The number of aromatic nitrogens is 3. The number of anilines is 2. The van der Waals surface area contributed by atoms with Crippen molar-refractivity contribution in [2.45, 2.75) is 20.8 Å². The first-order valence-corrected chi connectivity index (χ1v) is 7.90. The normalized spacial score (nSPS) is 15.0. The molecule has 3 rings (SSSR count). The van der Waals surface area contributed by atoms with Crippen LogP contribution < -0.4 is 14.5 Å². The van der Waals surface area contributed by atoms with E-state index in [0.717, 1.165) is 60.6 Å². The average molecular weight is 313 g/mol. The van der Waals surface area contributed by atoms with Crippen LogP contribution in [0.2, 0.25) is 0 Å². The molecule has 122 valence electrons. The van der Waals surface area contributed by atoms with Crippen LogP contribution in [0.1, 0.15) is 17.1 Å². The van der Waals surface area contributed by atoms with Crippen molar-refractivity contribution in [3.8, 4) is 5.75 Å². The van der Waals surface area contributed by atoms with Crippen LogP contribution in [0.25, 0.3) is 0 Å². The van der Waals surface area contributed by atoms with Gasteiger partial charge in [-0.15, -0.1) is 0 Å². The van der Waals surface area contributed by atoms with E-state index in [4.69, 9.17) is 4.74 Å². The van der Waals surface area contributed by atoms with E-state index in [1.165, 1.54) is 0 Å². The summed E-state index contributed by atoms with van der Waals surface area (Å²) in [6, 6.07) is 3.96. The van der Waals surface area contributed by atoms with Crippen molar-refractivity contribution in [2.75, 3.05) is 43.1 Å². The number of piperazine rings is 1. The van der Waals surface area contributed by atoms with Gasteiger partial charge in [0.05, 0.1) is 18.5 Å². The molecule has 6 heteroatoms. The van der Waals surface area contributed by atoms with Crippen LogP contribution >= 0.6 is 0 Å². The molecule has 2 aromatic rings. The van der Waals surface area contributed by atoms with Gasteiger partial charge in [0.15, 0.2) is 11.6 Å². The molecule has 0 unspecified atom stereocenters. The molecule has 0 N–H and O–H groups in total. The maximum absolute atomic E-state index is 5.46. The van der Waals surface area contributed by atoms with Crippen molar-refractivity contribution in [1.29, 1.82) is 0 Å². The summed E-state index contributed by atoms with van der Waals surface area (Å²) in [5.41, 5.74) is 2.94. The van der Waals surface area contributed by atoms with Crippen LogP contribution in [0.5, 0.6) is 5.75 Å². The zero-order chi connectivity index (χ0) is 16.4. The quantitative estimate of drug-likeness (QED) is 0.865. The molecule has 0 aromatic carbocycles. The Hall–Kier alpha value is -2.37. The number of methoxy groups -OCH3 is 1. The van der Waals surface area contributed by atoms with Crippen molar-refractivity contribution in [1.82, 2.24) is 15.0 Å². The molecule has 0 spiro atoms. The third-order valence-corrected chi connectivity index (χ3v) is 4.13. The summed E-state index contributed by atoms with van der Waals surface area (Å²) in [5.74, 6) is 2.75. The summed E-state index contributed by atoms with van der Waals surface area (Å²) in [6.07, 6.45) is 1.82. The van der Waals surface area contributed by atoms with E-state index in [0.29, 0.717) is 0 Å². The molecule has 0 amide bonds. The van der Waals surface area contributed by atoms with Gasteiger partial charge in [-0.05, 0) is 32.9 Å². The first kappa shape index (κ1) is 15.5. The molecule has 2 aromatic heterocycles. The highest BCUT2D eigenvalue weighted by molar-refractivity contribution is 5.55. The van der Waals surface area contributed by atoms with E-state index in [2.05, 4.69) is 24.8 Å². The van der Waals surface area contributed by atoms with Crippen LogP contribution in [-0.4, -0.2) is 48.2 Å². The number of hydrogen-bond acceptors (Lipinski definition) is 6. The molecule has 0 bridgehead atoms. The molecule has 23 heavy (non-hydrogen) atoms. The van der Waals surface area contributed by atoms with Crippen molar-refractivity contribution >= 4 is 11.6 Å². The standard InChI is InChI=1S/C17H23N5O/c1-12-5-6-15(23-4)17(19-12)22-9-7-21(8-10-22)16-14(3)18-11-13(2)20-16/h5-6,11H,7-10H2,1-4H3. The molecule has 1 saturated heterocycles. The Morgan fingerprint density at radius 2 is 1.48 bits per heavy atom. The molecular formula is C17H23N5O. The summed E-state index contributed by atoms with van der Waals surface area (Å²) in [5, 5.41) is 0. The topological polar surface area (TPSA) is 54.4 Å². The Kier molecular flexibility index (Phi) is 4.32. The minimum atomic E-state index is 0.829. The minimum Gasteiger partial charge on any atom is -0.493 e. The number of hydrogen-bond donors (Lipinski definition) is 0. The highest BCUT2D eigenvalue weighted by Crippen LogP contribution is 2.28. The lowest BCUT2D eigenvalue weighted by atomic mass is 10.2. The molecule has 3 heterocycles. The number of nitrogens with zero attached hydrogens (tertiary/aromatic N) is 5. The van der Waals surface area contributed by atoms with Crippen LogP contribution in [0.15, 0.2) is 18.3 Å². The summed E-state index contributed by atoms with van der Waals surface area (Å²) in [7, 11) is 1.69. The van der Waals surface area contributed by atoms with Crippen LogP contribution in [0.4, 0.5) is 11.6 Å². The van der Waals surface area contributed by atoms with E-state index in [9.17, 15) is 0 Å². The van der Waals surface area contributed by atoms with Crippen molar-refractivity contribution in [3.63, 3.8) is 0 Å². The second kappa shape index (κ2) is 6.40.